The molecule has 4 nitrogen and oxygen atoms in total. The van der Waals surface area contributed by atoms with Crippen LogP contribution in [0.1, 0.15) is 39.0 Å². The van der Waals surface area contributed by atoms with Crippen LogP contribution in [-0.2, 0) is 0 Å². The quantitative estimate of drug-likeness (QED) is 0.830. The number of nitrogens with zero attached hydrogens (tertiary/aromatic N) is 2. The molecule has 0 bridgehead atoms. The average Bonchev–Trinajstić information content (AvgIpc) is 2.93. The van der Waals surface area contributed by atoms with Crippen LogP contribution in [0.15, 0.2) is 12.4 Å². The molecule has 1 heterocycles. The predicted molar refractivity (Wildman–Crippen MR) is 81.0 cm³/mol. The molecule has 1 aliphatic rings. The van der Waals surface area contributed by atoms with Crippen LogP contribution in [0, 0.1) is 0 Å². The van der Waals surface area contributed by atoms with Crippen molar-refractivity contribution in [2.75, 3.05) is 24.7 Å². The van der Waals surface area contributed by atoms with E-state index in [1.54, 1.807) is 6.33 Å². The van der Waals surface area contributed by atoms with Crippen molar-refractivity contribution in [3.8, 4) is 5.88 Å². The number of ether oxygens (including phenoxy) is 1. The van der Waals surface area contributed by atoms with Crippen molar-refractivity contribution in [2.24, 2.45) is 0 Å². The van der Waals surface area contributed by atoms with Gasteiger partial charge in [-0.05, 0) is 25.5 Å². The van der Waals surface area contributed by atoms with Gasteiger partial charge in [-0.25, -0.2) is 9.97 Å². The zero-order valence-corrected chi connectivity index (χ0v) is 12.6. The molecule has 0 amide bonds. The zero-order chi connectivity index (χ0) is 13.6. The topological polar surface area (TPSA) is 47.0 Å². The summed E-state index contributed by atoms with van der Waals surface area (Å²) in [6, 6.07) is 1.89. The Labute approximate surface area is 119 Å². The number of thioether (sulfide) groups is 1. The fraction of sp³-hybridized carbons (Fsp3) is 0.714. The van der Waals surface area contributed by atoms with Crippen LogP contribution in [0.2, 0.25) is 0 Å². The van der Waals surface area contributed by atoms with Gasteiger partial charge in [-0.1, -0.05) is 19.8 Å². The lowest BCUT2D eigenvalue weighted by Gasteiger charge is -2.27. The van der Waals surface area contributed by atoms with Gasteiger partial charge in [0.15, 0.2) is 0 Å². The average molecular weight is 281 g/mol. The Morgan fingerprint density at radius 2 is 2.16 bits per heavy atom. The second kappa shape index (κ2) is 6.98. The number of rotatable bonds is 7. The third-order valence-electron chi connectivity index (χ3n) is 3.64. The molecule has 106 valence electrons. The van der Waals surface area contributed by atoms with Gasteiger partial charge in [0.1, 0.15) is 12.1 Å². The minimum Gasteiger partial charge on any atom is -0.478 e. The SMILES string of the molecule is CCCOc1cc(NCC2(SC)CCCC2)ncn1. The summed E-state index contributed by atoms with van der Waals surface area (Å²) in [7, 11) is 0. The molecule has 19 heavy (non-hydrogen) atoms. The third kappa shape index (κ3) is 4.00. The van der Waals surface area contributed by atoms with Crippen LogP contribution < -0.4 is 10.1 Å². The summed E-state index contributed by atoms with van der Waals surface area (Å²) in [5.74, 6) is 1.52. The van der Waals surface area contributed by atoms with Crippen LogP contribution in [0.5, 0.6) is 5.88 Å². The number of anilines is 1. The molecule has 1 N–H and O–H groups in total. The lowest BCUT2D eigenvalue weighted by Crippen LogP contribution is -2.30. The van der Waals surface area contributed by atoms with Crippen molar-refractivity contribution in [1.29, 1.82) is 0 Å². The first-order chi connectivity index (χ1) is 9.28. The van der Waals surface area contributed by atoms with Gasteiger partial charge >= 0.3 is 0 Å². The van der Waals surface area contributed by atoms with Crippen molar-refractivity contribution in [2.45, 2.75) is 43.8 Å². The first-order valence-corrected chi connectivity index (χ1v) is 8.24. The largest absolute Gasteiger partial charge is 0.478 e. The Morgan fingerprint density at radius 1 is 1.37 bits per heavy atom. The normalized spacial score (nSPS) is 17.4. The molecule has 2 rings (SSSR count). The minimum absolute atomic E-state index is 0.384. The second-order valence-electron chi connectivity index (χ2n) is 5.04. The Kier molecular flexibility index (Phi) is 5.31. The van der Waals surface area contributed by atoms with Crippen LogP contribution in [-0.4, -0.2) is 34.1 Å². The monoisotopic (exact) mass is 281 g/mol. The van der Waals surface area contributed by atoms with Gasteiger partial charge in [0, 0.05) is 17.4 Å². The first kappa shape index (κ1) is 14.4. The molecule has 0 unspecified atom stereocenters. The summed E-state index contributed by atoms with van der Waals surface area (Å²) in [5.41, 5.74) is 0. The van der Waals surface area contributed by atoms with Crippen molar-refractivity contribution < 1.29 is 4.74 Å². The number of hydrogen-bond acceptors (Lipinski definition) is 5. The van der Waals surface area contributed by atoms with Gasteiger partial charge in [0.2, 0.25) is 5.88 Å². The van der Waals surface area contributed by atoms with Crippen LogP contribution in [0.4, 0.5) is 5.82 Å². The molecule has 1 aromatic heterocycles. The summed E-state index contributed by atoms with van der Waals surface area (Å²) in [5, 5.41) is 3.44. The highest BCUT2D eigenvalue weighted by Crippen LogP contribution is 2.40. The molecule has 0 aromatic carbocycles. The van der Waals surface area contributed by atoms with E-state index < -0.39 is 0 Å². The highest BCUT2D eigenvalue weighted by atomic mass is 32.2. The van der Waals surface area contributed by atoms with E-state index in [0.717, 1.165) is 18.8 Å². The third-order valence-corrected chi connectivity index (χ3v) is 5.05. The summed E-state index contributed by atoms with van der Waals surface area (Å²) in [6.07, 6.45) is 10.0. The van der Waals surface area contributed by atoms with Gasteiger partial charge in [-0.2, -0.15) is 11.8 Å². The van der Waals surface area contributed by atoms with Crippen LogP contribution >= 0.6 is 11.8 Å². The lowest BCUT2D eigenvalue weighted by molar-refractivity contribution is 0.305. The standard InChI is InChI=1S/C14H23N3OS/c1-3-8-18-13-9-12(16-11-17-13)15-10-14(19-2)6-4-5-7-14/h9,11H,3-8,10H2,1-2H3,(H,15,16,17). The molecule has 1 saturated carbocycles. The maximum absolute atomic E-state index is 5.52. The van der Waals surface area contributed by atoms with Gasteiger partial charge < -0.3 is 10.1 Å². The van der Waals surface area contributed by atoms with Gasteiger partial charge in [0.05, 0.1) is 6.61 Å². The van der Waals surface area contributed by atoms with Gasteiger partial charge in [-0.3, -0.25) is 0 Å². The Morgan fingerprint density at radius 3 is 2.84 bits per heavy atom. The van der Waals surface area contributed by atoms with E-state index in [0.29, 0.717) is 17.2 Å². The predicted octanol–water partition coefficient (Wildman–Crippen LogP) is 3.35. The smallest absolute Gasteiger partial charge is 0.218 e. The van der Waals surface area contributed by atoms with E-state index >= 15 is 0 Å². The molecule has 0 aliphatic heterocycles. The van der Waals surface area contributed by atoms with Crippen molar-refractivity contribution in [3.05, 3.63) is 12.4 Å². The fourth-order valence-electron chi connectivity index (χ4n) is 2.45. The van der Waals surface area contributed by atoms with Crippen molar-refractivity contribution in [1.82, 2.24) is 9.97 Å². The van der Waals surface area contributed by atoms with E-state index in [9.17, 15) is 0 Å². The highest BCUT2D eigenvalue weighted by Gasteiger charge is 2.32. The minimum atomic E-state index is 0.384. The Bertz CT molecular complexity index is 394. The molecule has 0 spiro atoms. The Balaban J connectivity index is 1.91. The number of nitrogens with one attached hydrogen (secondary N) is 1. The fourth-order valence-corrected chi connectivity index (χ4v) is 3.36. The molecule has 0 atom stereocenters. The Hall–Kier alpha value is -0.970. The molecule has 1 aromatic rings. The number of aromatic nitrogens is 2. The summed E-state index contributed by atoms with van der Waals surface area (Å²) in [4.78, 5) is 8.38. The molecular weight excluding hydrogens is 258 g/mol. The van der Waals surface area contributed by atoms with Crippen LogP contribution in [0.25, 0.3) is 0 Å². The molecular formula is C14H23N3OS. The van der Waals surface area contributed by atoms with Gasteiger partial charge in [0.25, 0.3) is 0 Å². The number of hydrogen-bond donors (Lipinski definition) is 1. The summed E-state index contributed by atoms with van der Waals surface area (Å²) >= 11 is 1.98. The molecule has 1 aliphatic carbocycles. The second-order valence-corrected chi connectivity index (χ2v) is 6.31. The van der Waals surface area contributed by atoms with E-state index in [1.165, 1.54) is 25.7 Å². The lowest BCUT2D eigenvalue weighted by atomic mass is 10.1. The van der Waals surface area contributed by atoms with E-state index in [-0.39, 0.29) is 0 Å². The van der Waals surface area contributed by atoms with E-state index in [1.807, 2.05) is 17.8 Å². The maximum atomic E-state index is 5.52. The van der Waals surface area contributed by atoms with Gasteiger partial charge in [-0.15, -0.1) is 0 Å². The van der Waals surface area contributed by atoms with E-state index in [2.05, 4.69) is 28.5 Å². The first-order valence-electron chi connectivity index (χ1n) is 7.02. The molecule has 0 saturated heterocycles. The summed E-state index contributed by atoms with van der Waals surface area (Å²) < 4.78 is 5.91. The molecule has 1 fully saturated rings. The maximum Gasteiger partial charge on any atom is 0.218 e. The van der Waals surface area contributed by atoms with Crippen molar-refractivity contribution >= 4 is 17.6 Å². The van der Waals surface area contributed by atoms with E-state index in [4.69, 9.17) is 4.74 Å². The van der Waals surface area contributed by atoms with Crippen molar-refractivity contribution in [3.63, 3.8) is 0 Å². The molecule has 0 radical (unpaired) electrons. The summed E-state index contributed by atoms with van der Waals surface area (Å²) in [6.45, 7) is 3.76. The van der Waals surface area contributed by atoms with Crippen LogP contribution in [0.3, 0.4) is 0 Å². The zero-order valence-electron chi connectivity index (χ0n) is 11.8. The molecule has 5 heteroatoms. The highest BCUT2D eigenvalue weighted by molar-refractivity contribution is 8.00.